The fourth-order valence-electron chi connectivity index (χ4n) is 3.75. The lowest BCUT2D eigenvalue weighted by Crippen LogP contribution is -2.32. The Morgan fingerprint density at radius 3 is 2.47 bits per heavy atom. The minimum absolute atomic E-state index is 0.229. The Labute approximate surface area is 182 Å². The lowest BCUT2D eigenvalue weighted by Gasteiger charge is -2.26. The number of nitrogens with zero attached hydrogens (tertiary/aromatic N) is 4. The molecule has 2 aromatic carbocycles. The standard InChI is InChI=1S/C24H28N4OS/c1-30-20-12-9-19(10-13-20)11-14-23-25-24(21-7-3-4-8-22(21)29)28(26-23)18-17-27-15-5-2-6-16-27/h3-4,7-14,29H,2,5-6,15-18H2,1H3/b14-11+. The number of phenolic OH excluding ortho intramolecular Hbond substituents is 1. The summed E-state index contributed by atoms with van der Waals surface area (Å²) in [5.74, 6) is 1.59. The molecule has 5 nitrogen and oxygen atoms in total. The van der Waals surface area contributed by atoms with Crippen LogP contribution in [0.3, 0.4) is 0 Å². The van der Waals surface area contributed by atoms with E-state index in [1.54, 1.807) is 17.8 Å². The number of hydrogen-bond acceptors (Lipinski definition) is 5. The number of benzene rings is 2. The third-order valence-corrected chi connectivity index (χ3v) is 6.19. The first kappa shape index (κ1) is 20.7. The van der Waals surface area contributed by atoms with Crippen LogP contribution in [0.25, 0.3) is 23.5 Å². The Morgan fingerprint density at radius 1 is 0.967 bits per heavy atom. The molecule has 0 spiro atoms. The number of aromatic nitrogens is 3. The average Bonchev–Trinajstić information content (AvgIpc) is 3.20. The highest BCUT2D eigenvalue weighted by Gasteiger charge is 2.16. The summed E-state index contributed by atoms with van der Waals surface area (Å²) in [6.45, 7) is 4.01. The highest BCUT2D eigenvalue weighted by molar-refractivity contribution is 7.98. The number of phenols is 1. The van der Waals surface area contributed by atoms with E-state index >= 15 is 0 Å². The van der Waals surface area contributed by atoms with Crippen molar-refractivity contribution in [3.05, 3.63) is 59.9 Å². The van der Waals surface area contributed by atoms with Gasteiger partial charge in [-0.1, -0.05) is 36.8 Å². The van der Waals surface area contributed by atoms with Gasteiger partial charge in [0.1, 0.15) is 5.75 Å². The van der Waals surface area contributed by atoms with Crippen LogP contribution in [-0.2, 0) is 6.54 Å². The van der Waals surface area contributed by atoms with E-state index in [0.717, 1.165) is 31.7 Å². The molecule has 4 rings (SSSR count). The van der Waals surface area contributed by atoms with Crippen LogP contribution in [-0.4, -0.2) is 50.7 Å². The van der Waals surface area contributed by atoms with E-state index in [0.29, 0.717) is 17.2 Å². The molecular weight excluding hydrogens is 392 g/mol. The van der Waals surface area contributed by atoms with Crippen molar-refractivity contribution in [1.82, 2.24) is 19.7 Å². The first-order chi connectivity index (χ1) is 14.7. The number of hydrogen-bond donors (Lipinski definition) is 1. The zero-order valence-corrected chi connectivity index (χ0v) is 18.2. The SMILES string of the molecule is CSc1ccc(/C=C/c2nc(-c3ccccc3O)n(CCN3CCCCC3)n2)cc1. The van der Waals surface area contributed by atoms with Crippen molar-refractivity contribution < 1.29 is 5.11 Å². The maximum Gasteiger partial charge on any atom is 0.174 e. The molecule has 0 radical (unpaired) electrons. The van der Waals surface area contributed by atoms with Gasteiger partial charge in [0.2, 0.25) is 0 Å². The molecular formula is C24H28N4OS. The molecule has 0 unspecified atom stereocenters. The highest BCUT2D eigenvalue weighted by atomic mass is 32.2. The maximum absolute atomic E-state index is 10.4. The molecule has 1 aliphatic rings. The highest BCUT2D eigenvalue weighted by Crippen LogP contribution is 2.27. The summed E-state index contributed by atoms with van der Waals surface area (Å²) in [5.41, 5.74) is 1.83. The second-order valence-corrected chi connectivity index (χ2v) is 8.42. The Balaban J connectivity index is 1.57. The third kappa shape index (κ3) is 5.12. The van der Waals surface area contributed by atoms with Gasteiger partial charge in [-0.3, -0.25) is 0 Å². The molecule has 156 valence electrons. The average molecular weight is 421 g/mol. The first-order valence-electron chi connectivity index (χ1n) is 10.5. The predicted octanol–water partition coefficient (Wildman–Crippen LogP) is 5.03. The van der Waals surface area contributed by atoms with Crippen molar-refractivity contribution in [1.29, 1.82) is 0 Å². The number of likely N-dealkylation sites (tertiary alicyclic amines) is 1. The lowest BCUT2D eigenvalue weighted by atomic mass is 10.1. The summed E-state index contributed by atoms with van der Waals surface area (Å²) in [7, 11) is 0. The molecule has 0 aliphatic carbocycles. The van der Waals surface area contributed by atoms with Crippen LogP contribution >= 0.6 is 11.8 Å². The topological polar surface area (TPSA) is 54.2 Å². The maximum atomic E-state index is 10.4. The summed E-state index contributed by atoms with van der Waals surface area (Å²) in [6, 6.07) is 15.8. The molecule has 30 heavy (non-hydrogen) atoms. The third-order valence-electron chi connectivity index (χ3n) is 5.45. The van der Waals surface area contributed by atoms with Crippen molar-refractivity contribution in [3.63, 3.8) is 0 Å². The van der Waals surface area contributed by atoms with Gasteiger partial charge >= 0.3 is 0 Å². The smallest absolute Gasteiger partial charge is 0.174 e. The van der Waals surface area contributed by atoms with Gasteiger partial charge in [-0.2, -0.15) is 5.10 Å². The van der Waals surface area contributed by atoms with Crippen molar-refractivity contribution in [2.75, 3.05) is 25.9 Å². The van der Waals surface area contributed by atoms with Crippen LogP contribution in [0.2, 0.25) is 0 Å². The number of aromatic hydroxyl groups is 1. The van der Waals surface area contributed by atoms with E-state index in [1.807, 2.05) is 35.0 Å². The van der Waals surface area contributed by atoms with Gasteiger partial charge in [0.25, 0.3) is 0 Å². The minimum atomic E-state index is 0.229. The molecule has 6 heteroatoms. The molecule has 0 atom stereocenters. The molecule has 1 saturated heterocycles. The van der Waals surface area contributed by atoms with Crippen LogP contribution in [0.4, 0.5) is 0 Å². The molecule has 1 fully saturated rings. The monoisotopic (exact) mass is 420 g/mol. The van der Waals surface area contributed by atoms with Crippen molar-refractivity contribution in [2.24, 2.45) is 0 Å². The van der Waals surface area contributed by atoms with Gasteiger partial charge in [-0.25, -0.2) is 9.67 Å². The summed E-state index contributed by atoms with van der Waals surface area (Å²) < 4.78 is 1.93. The van der Waals surface area contributed by atoms with Crippen molar-refractivity contribution in [2.45, 2.75) is 30.7 Å². The second-order valence-electron chi connectivity index (χ2n) is 7.54. The summed E-state index contributed by atoms with van der Waals surface area (Å²) >= 11 is 1.73. The first-order valence-corrected chi connectivity index (χ1v) is 11.7. The Kier molecular flexibility index (Phi) is 6.87. The van der Waals surface area contributed by atoms with Gasteiger partial charge in [-0.15, -0.1) is 11.8 Å². The normalized spacial score (nSPS) is 15.1. The molecule has 0 saturated carbocycles. The Morgan fingerprint density at radius 2 is 1.73 bits per heavy atom. The quantitative estimate of drug-likeness (QED) is 0.544. The number of thioether (sulfide) groups is 1. The van der Waals surface area contributed by atoms with Crippen molar-refractivity contribution in [3.8, 4) is 17.1 Å². The summed E-state index contributed by atoms with van der Waals surface area (Å²) in [4.78, 5) is 8.47. The van der Waals surface area contributed by atoms with Gasteiger partial charge in [-0.05, 0) is 68.1 Å². The zero-order valence-electron chi connectivity index (χ0n) is 17.4. The second kappa shape index (κ2) is 9.96. The molecule has 3 aromatic rings. The van der Waals surface area contributed by atoms with E-state index in [1.165, 1.54) is 24.2 Å². The lowest BCUT2D eigenvalue weighted by molar-refractivity contribution is 0.218. The molecule has 1 N–H and O–H groups in total. The summed E-state index contributed by atoms with van der Waals surface area (Å²) in [5, 5.41) is 15.1. The van der Waals surface area contributed by atoms with Gasteiger partial charge in [0.05, 0.1) is 12.1 Å². The van der Waals surface area contributed by atoms with Crippen LogP contribution in [0, 0.1) is 0 Å². The van der Waals surface area contributed by atoms with E-state index in [-0.39, 0.29) is 5.75 Å². The van der Waals surface area contributed by atoms with E-state index in [2.05, 4.69) is 35.4 Å². The Bertz CT molecular complexity index is 991. The van der Waals surface area contributed by atoms with Crippen LogP contribution in [0.5, 0.6) is 5.75 Å². The zero-order chi connectivity index (χ0) is 20.8. The van der Waals surface area contributed by atoms with E-state index < -0.39 is 0 Å². The van der Waals surface area contributed by atoms with Crippen LogP contribution in [0.1, 0.15) is 30.7 Å². The fourth-order valence-corrected chi connectivity index (χ4v) is 4.16. The minimum Gasteiger partial charge on any atom is -0.507 e. The molecule has 0 bridgehead atoms. The van der Waals surface area contributed by atoms with Crippen LogP contribution in [0.15, 0.2) is 53.4 Å². The summed E-state index contributed by atoms with van der Waals surface area (Å²) in [6.07, 6.45) is 9.92. The van der Waals surface area contributed by atoms with E-state index in [9.17, 15) is 5.11 Å². The number of piperidine rings is 1. The van der Waals surface area contributed by atoms with Gasteiger partial charge in [0.15, 0.2) is 11.6 Å². The number of rotatable bonds is 7. The van der Waals surface area contributed by atoms with Gasteiger partial charge in [0, 0.05) is 11.4 Å². The van der Waals surface area contributed by atoms with Crippen LogP contribution < -0.4 is 0 Å². The Hall–Kier alpha value is -2.57. The van der Waals surface area contributed by atoms with E-state index in [4.69, 9.17) is 10.1 Å². The predicted molar refractivity (Wildman–Crippen MR) is 125 cm³/mol. The molecule has 1 aliphatic heterocycles. The molecule has 1 aromatic heterocycles. The molecule has 0 amide bonds. The van der Waals surface area contributed by atoms with Crippen molar-refractivity contribution >= 4 is 23.9 Å². The number of para-hydroxylation sites is 1. The fraction of sp³-hybridized carbons (Fsp3) is 0.333. The van der Waals surface area contributed by atoms with Gasteiger partial charge < -0.3 is 10.0 Å². The molecule has 2 heterocycles. The largest absolute Gasteiger partial charge is 0.507 e.